The van der Waals surface area contributed by atoms with E-state index in [1.807, 2.05) is 17.9 Å². The van der Waals surface area contributed by atoms with Crippen molar-refractivity contribution in [2.75, 3.05) is 26.2 Å². The Hall–Kier alpha value is -1.59. The summed E-state index contributed by atoms with van der Waals surface area (Å²) in [5.41, 5.74) is 1.32. The molecule has 5 heteroatoms. The lowest BCUT2D eigenvalue weighted by Gasteiger charge is -2.26. The van der Waals surface area contributed by atoms with E-state index in [-0.39, 0.29) is 18.7 Å². The zero-order chi connectivity index (χ0) is 17.4. The van der Waals surface area contributed by atoms with Gasteiger partial charge in [-0.25, -0.2) is 4.79 Å². The molecule has 1 saturated heterocycles. The minimum Gasteiger partial charge on any atom is -0.396 e. The summed E-state index contributed by atoms with van der Waals surface area (Å²) in [6, 6.07) is 11.1. The maximum atomic E-state index is 12.4. The van der Waals surface area contributed by atoms with E-state index in [4.69, 9.17) is 5.11 Å². The molecule has 1 aliphatic heterocycles. The molecular formula is C19H31N3O2. The highest BCUT2D eigenvalue weighted by Gasteiger charge is 2.24. The molecule has 1 aliphatic rings. The number of nitrogens with one attached hydrogen (secondary N) is 1. The number of benzene rings is 1. The van der Waals surface area contributed by atoms with E-state index in [0.717, 1.165) is 45.4 Å². The van der Waals surface area contributed by atoms with Crippen LogP contribution < -0.4 is 5.32 Å². The third kappa shape index (κ3) is 5.80. The molecule has 2 unspecified atom stereocenters. The number of aliphatic hydroxyl groups is 1. The molecule has 134 valence electrons. The van der Waals surface area contributed by atoms with Crippen molar-refractivity contribution in [1.82, 2.24) is 15.1 Å². The van der Waals surface area contributed by atoms with Crippen LogP contribution in [0.3, 0.4) is 0 Å². The summed E-state index contributed by atoms with van der Waals surface area (Å²) < 4.78 is 0. The van der Waals surface area contributed by atoms with Gasteiger partial charge in [0.25, 0.3) is 0 Å². The van der Waals surface area contributed by atoms with Crippen LogP contribution in [0.1, 0.15) is 38.7 Å². The number of hydrogen-bond donors (Lipinski definition) is 2. The Balaban J connectivity index is 1.85. The lowest BCUT2D eigenvalue weighted by Crippen LogP contribution is -2.45. The molecule has 2 amide bonds. The third-order valence-electron chi connectivity index (χ3n) is 4.78. The molecule has 1 fully saturated rings. The van der Waals surface area contributed by atoms with Gasteiger partial charge in [0.1, 0.15) is 0 Å². The van der Waals surface area contributed by atoms with Crippen molar-refractivity contribution in [1.29, 1.82) is 0 Å². The van der Waals surface area contributed by atoms with Crippen LogP contribution >= 0.6 is 0 Å². The first-order chi connectivity index (χ1) is 11.6. The van der Waals surface area contributed by atoms with Gasteiger partial charge in [0.05, 0.1) is 0 Å². The zero-order valence-electron chi connectivity index (χ0n) is 14.9. The van der Waals surface area contributed by atoms with Gasteiger partial charge in [0, 0.05) is 44.9 Å². The van der Waals surface area contributed by atoms with Gasteiger partial charge in [-0.2, -0.15) is 0 Å². The first kappa shape index (κ1) is 18.7. The topological polar surface area (TPSA) is 55.8 Å². The third-order valence-corrected chi connectivity index (χ3v) is 4.78. The van der Waals surface area contributed by atoms with Crippen molar-refractivity contribution < 1.29 is 9.90 Å². The number of nitrogens with zero attached hydrogens (tertiary/aromatic N) is 2. The highest BCUT2D eigenvalue weighted by molar-refractivity contribution is 5.74. The molecule has 5 nitrogen and oxygen atoms in total. The molecule has 0 aromatic heterocycles. The monoisotopic (exact) mass is 333 g/mol. The van der Waals surface area contributed by atoms with Gasteiger partial charge in [-0.15, -0.1) is 0 Å². The molecule has 1 heterocycles. The molecule has 2 N–H and O–H groups in total. The Labute approximate surface area is 145 Å². The van der Waals surface area contributed by atoms with Crippen molar-refractivity contribution in [3.05, 3.63) is 35.9 Å². The van der Waals surface area contributed by atoms with Gasteiger partial charge in [0.15, 0.2) is 0 Å². The second kappa shape index (κ2) is 9.64. The van der Waals surface area contributed by atoms with Crippen LogP contribution in [0, 0.1) is 0 Å². The Morgan fingerprint density at radius 2 is 2.04 bits per heavy atom. The molecule has 1 aromatic rings. The first-order valence-electron chi connectivity index (χ1n) is 9.04. The minimum absolute atomic E-state index is 0.0224. The van der Waals surface area contributed by atoms with Crippen LogP contribution in [0.25, 0.3) is 0 Å². The van der Waals surface area contributed by atoms with Crippen molar-refractivity contribution in [2.24, 2.45) is 0 Å². The van der Waals surface area contributed by atoms with Gasteiger partial charge < -0.3 is 15.3 Å². The average Bonchev–Trinajstić information content (AvgIpc) is 2.76. The molecule has 0 radical (unpaired) electrons. The van der Waals surface area contributed by atoms with Crippen molar-refractivity contribution in [3.63, 3.8) is 0 Å². The summed E-state index contributed by atoms with van der Waals surface area (Å²) >= 11 is 0. The molecule has 2 rings (SSSR count). The van der Waals surface area contributed by atoms with Gasteiger partial charge >= 0.3 is 6.03 Å². The maximum absolute atomic E-state index is 12.4. The molecule has 0 spiro atoms. The lowest BCUT2D eigenvalue weighted by molar-refractivity contribution is 0.189. The van der Waals surface area contributed by atoms with Crippen LogP contribution in [0.2, 0.25) is 0 Å². The predicted octanol–water partition coefficient (Wildman–Crippen LogP) is 2.45. The van der Waals surface area contributed by atoms with Crippen LogP contribution in [0.4, 0.5) is 4.79 Å². The second-order valence-electron chi connectivity index (χ2n) is 6.80. The maximum Gasteiger partial charge on any atom is 0.317 e. The summed E-state index contributed by atoms with van der Waals surface area (Å²) in [5.74, 6) is 0. The van der Waals surface area contributed by atoms with Crippen molar-refractivity contribution in [3.8, 4) is 0 Å². The summed E-state index contributed by atoms with van der Waals surface area (Å²) in [7, 11) is 0. The van der Waals surface area contributed by atoms with E-state index in [1.54, 1.807) is 0 Å². The van der Waals surface area contributed by atoms with Gasteiger partial charge in [-0.05, 0) is 38.7 Å². The summed E-state index contributed by atoms with van der Waals surface area (Å²) in [6.45, 7) is 7.80. The predicted molar refractivity (Wildman–Crippen MR) is 96.8 cm³/mol. The lowest BCUT2D eigenvalue weighted by atomic mass is 10.1. The van der Waals surface area contributed by atoms with Crippen LogP contribution in [0.5, 0.6) is 0 Å². The van der Waals surface area contributed by atoms with E-state index in [2.05, 4.69) is 41.4 Å². The number of rotatable bonds is 6. The average molecular weight is 333 g/mol. The molecular weight excluding hydrogens is 302 g/mol. The van der Waals surface area contributed by atoms with Gasteiger partial charge in [-0.1, -0.05) is 30.3 Å². The molecule has 0 aliphatic carbocycles. The quantitative estimate of drug-likeness (QED) is 0.841. The van der Waals surface area contributed by atoms with E-state index in [9.17, 15) is 4.79 Å². The molecule has 0 bridgehead atoms. The normalized spacial score (nSPS) is 20.5. The molecule has 24 heavy (non-hydrogen) atoms. The Morgan fingerprint density at radius 1 is 1.29 bits per heavy atom. The van der Waals surface area contributed by atoms with Crippen molar-refractivity contribution in [2.45, 2.75) is 51.7 Å². The molecule has 0 saturated carbocycles. The minimum atomic E-state index is 0.0224. The largest absolute Gasteiger partial charge is 0.396 e. The Kier molecular flexibility index (Phi) is 7.53. The summed E-state index contributed by atoms with van der Waals surface area (Å²) in [5, 5.41) is 11.9. The summed E-state index contributed by atoms with van der Waals surface area (Å²) in [6.07, 6.45) is 2.53. The Bertz CT molecular complexity index is 495. The number of hydrogen-bond acceptors (Lipinski definition) is 3. The van der Waals surface area contributed by atoms with Crippen molar-refractivity contribution >= 4 is 6.03 Å². The van der Waals surface area contributed by atoms with Crippen LogP contribution in [0.15, 0.2) is 30.3 Å². The van der Waals surface area contributed by atoms with E-state index in [1.165, 1.54) is 5.56 Å². The summed E-state index contributed by atoms with van der Waals surface area (Å²) in [4.78, 5) is 16.8. The smallest absolute Gasteiger partial charge is 0.317 e. The van der Waals surface area contributed by atoms with E-state index < -0.39 is 0 Å². The number of aliphatic hydroxyl groups excluding tert-OH is 1. The zero-order valence-corrected chi connectivity index (χ0v) is 14.9. The number of urea groups is 1. The van der Waals surface area contributed by atoms with Crippen LogP contribution in [-0.4, -0.2) is 59.3 Å². The van der Waals surface area contributed by atoms with Gasteiger partial charge in [-0.3, -0.25) is 4.90 Å². The standard InChI is InChI=1S/C19H31N3O2/c1-16(7-6-14-23)20-19(24)21-11-10-17(2)22(13-12-21)15-18-8-4-3-5-9-18/h3-5,8-9,16-17,23H,6-7,10-15H2,1-2H3,(H,20,24). The number of carbonyl (C=O) groups is 1. The number of amides is 2. The fourth-order valence-electron chi connectivity index (χ4n) is 3.13. The first-order valence-corrected chi connectivity index (χ1v) is 9.04. The van der Waals surface area contributed by atoms with E-state index >= 15 is 0 Å². The highest BCUT2D eigenvalue weighted by atomic mass is 16.3. The fraction of sp³-hybridized carbons (Fsp3) is 0.632. The fourth-order valence-corrected chi connectivity index (χ4v) is 3.13. The second-order valence-corrected chi connectivity index (χ2v) is 6.80. The van der Waals surface area contributed by atoms with Gasteiger partial charge in [0.2, 0.25) is 0 Å². The van der Waals surface area contributed by atoms with E-state index in [0.29, 0.717) is 6.04 Å². The highest BCUT2D eigenvalue weighted by Crippen LogP contribution is 2.15. The molecule has 2 atom stereocenters. The molecule has 1 aromatic carbocycles. The SMILES string of the molecule is CC(CCCO)NC(=O)N1CCC(C)N(Cc2ccccc2)CC1. The number of carbonyl (C=O) groups excluding carboxylic acids is 1. The van der Waals surface area contributed by atoms with Crippen LogP contribution in [-0.2, 0) is 6.54 Å². The Morgan fingerprint density at radius 3 is 2.75 bits per heavy atom.